The number of aliphatic carboxylic acids is 2. The summed E-state index contributed by atoms with van der Waals surface area (Å²) < 4.78 is 18.9. The lowest BCUT2D eigenvalue weighted by Crippen LogP contribution is -2.49. The van der Waals surface area contributed by atoms with Gasteiger partial charge in [-0.05, 0) is 19.1 Å². The number of carbonyl (C=O) groups is 2. The number of nitrogens with one attached hydrogen (secondary N) is 1. The Kier molecular flexibility index (Phi) is 6.13. The number of rotatable bonds is 3. The third-order valence-corrected chi connectivity index (χ3v) is 3.69. The van der Waals surface area contributed by atoms with Crippen LogP contribution < -0.4 is 10.2 Å². The van der Waals surface area contributed by atoms with E-state index in [-0.39, 0.29) is 5.82 Å². The number of nitrogens with zero attached hydrogens (tertiary/aromatic N) is 1. The molecule has 0 saturated carbocycles. The standard InChI is InChI=1S/C13H15FN2O.C4H4O4/c1-9-8-15-3-4-16(9)11-6-10-2-5-17-13(10)12(14)7-11;5-3(6)1-2-4(7)8/h2,5-7,9,15H,3-4,8H2,1H3;1-2H,(H,5,6)(H,7,8)/t9-;/m0./s1. The van der Waals surface area contributed by atoms with Crippen LogP contribution in [0.1, 0.15) is 6.92 Å². The molecule has 0 amide bonds. The number of benzene rings is 1. The van der Waals surface area contributed by atoms with Gasteiger partial charge in [0.2, 0.25) is 0 Å². The molecule has 134 valence electrons. The first-order chi connectivity index (χ1) is 11.9. The van der Waals surface area contributed by atoms with Crippen molar-refractivity contribution in [1.82, 2.24) is 5.32 Å². The molecule has 1 aliphatic rings. The molecule has 8 heteroatoms. The summed E-state index contributed by atoms with van der Waals surface area (Å²) in [4.78, 5) is 21.3. The summed E-state index contributed by atoms with van der Waals surface area (Å²) in [7, 11) is 0. The van der Waals surface area contributed by atoms with Gasteiger partial charge in [0.25, 0.3) is 0 Å². The van der Waals surface area contributed by atoms with Crippen molar-refractivity contribution in [2.45, 2.75) is 13.0 Å². The molecule has 1 aromatic carbocycles. The molecule has 1 atom stereocenters. The minimum Gasteiger partial charge on any atom is -0.478 e. The Balaban J connectivity index is 0.000000242. The van der Waals surface area contributed by atoms with Crippen LogP contribution in [-0.2, 0) is 9.59 Å². The van der Waals surface area contributed by atoms with Crippen LogP contribution in [0.4, 0.5) is 10.1 Å². The molecule has 0 radical (unpaired) electrons. The Morgan fingerprint density at radius 3 is 2.60 bits per heavy atom. The Morgan fingerprint density at radius 2 is 2.00 bits per heavy atom. The smallest absolute Gasteiger partial charge is 0.328 e. The third kappa shape index (κ3) is 5.05. The van der Waals surface area contributed by atoms with Gasteiger partial charge in [0.05, 0.1) is 6.26 Å². The number of halogens is 1. The van der Waals surface area contributed by atoms with E-state index in [9.17, 15) is 14.0 Å². The molecule has 3 rings (SSSR count). The van der Waals surface area contributed by atoms with Crippen LogP contribution in [0.15, 0.2) is 41.0 Å². The quantitative estimate of drug-likeness (QED) is 0.728. The maximum absolute atomic E-state index is 13.8. The van der Waals surface area contributed by atoms with Crippen LogP contribution in [0.25, 0.3) is 11.0 Å². The highest BCUT2D eigenvalue weighted by molar-refractivity contribution is 5.89. The number of furan rings is 1. The van der Waals surface area contributed by atoms with E-state index in [1.807, 2.05) is 6.07 Å². The molecular formula is C17H19FN2O5. The van der Waals surface area contributed by atoms with Crippen molar-refractivity contribution >= 4 is 28.6 Å². The maximum Gasteiger partial charge on any atom is 0.328 e. The van der Waals surface area contributed by atoms with Crippen LogP contribution in [-0.4, -0.2) is 47.8 Å². The number of anilines is 1. The fourth-order valence-corrected chi connectivity index (χ4v) is 2.56. The van der Waals surface area contributed by atoms with Gasteiger partial charge in [-0.25, -0.2) is 14.0 Å². The predicted molar refractivity (Wildman–Crippen MR) is 90.3 cm³/mol. The van der Waals surface area contributed by atoms with E-state index in [4.69, 9.17) is 14.6 Å². The van der Waals surface area contributed by atoms with Crippen LogP contribution in [0, 0.1) is 5.82 Å². The van der Waals surface area contributed by atoms with Gasteiger partial charge < -0.3 is 24.8 Å². The molecule has 1 aromatic heterocycles. The largest absolute Gasteiger partial charge is 0.478 e. The van der Waals surface area contributed by atoms with Crippen LogP contribution in [0.2, 0.25) is 0 Å². The van der Waals surface area contributed by atoms with Crippen molar-refractivity contribution in [1.29, 1.82) is 0 Å². The fraction of sp³-hybridized carbons (Fsp3) is 0.294. The van der Waals surface area contributed by atoms with Gasteiger partial charge in [-0.1, -0.05) is 0 Å². The van der Waals surface area contributed by atoms with Crippen molar-refractivity contribution in [2.75, 3.05) is 24.5 Å². The molecule has 0 unspecified atom stereocenters. The zero-order valence-corrected chi connectivity index (χ0v) is 13.6. The first-order valence-electron chi connectivity index (χ1n) is 7.66. The number of carboxylic acids is 2. The molecule has 2 aromatic rings. The molecule has 2 heterocycles. The minimum absolute atomic E-state index is 0.284. The minimum atomic E-state index is -1.26. The Labute approximate surface area is 143 Å². The van der Waals surface area contributed by atoms with Gasteiger partial charge >= 0.3 is 11.9 Å². The summed E-state index contributed by atoms with van der Waals surface area (Å²) in [6.07, 6.45) is 2.64. The highest BCUT2D eigenvalue weighted by atomic mass is 19.1. The molecule has 0 spiro atoms. The molecule has 1 fully saturated rings. The molecule has 0 bridgehead atoms. The summed E-state index contributed by atoms with van der Waals surface area (Å²) in [6.45, 7) is 4.92. The Hall–Kier alpha value is -2.87. The monoisotopic (exact) mass is 350 g/mol. The van der Waals surface area contributed by atoms with Crippen molar-refractivity contribution in [3.8, 4) is 0 Å². The first kappa shape index (κ1) is 18.5. The van der Waals surface area contributed by atoms with Crippen LogP contribution in [0.5, 0.6) is 0 Å². The third-order valence-electron chi connectivity index (χ3n) is 3.69. The first-order valence-corrected chi connectivity index (χ1v) is 7.66. The number of piperazine rings is 1. The normalized spacial score (nSPS) is 17.4. The molecule has 1 saturated heterocycles. The summed E-state index contributed by atoms with van der Waals surface area (Å²) in [5, 5.41) is 19.8. The average molecular weight is 350 g/mol. The van der Waals surface area contributed by atoms with E-state index in [1.165, 1.54) is 6.26 Å². The van der Waals surface area contributed by atoms with Gasteiger partial charge in [0.1, 0.15) is 0 Å². The Morgan fingerprint density at radius 1 is 1.32 bits per heavy atom. The number of hydrogen-bond donors (Lipinski definition) is 3. The lowest BCUT2D eigenvalue weighted by atomic mass is 10.1. The summed E-state index contributed by atoms with van der Waals surface area (Å²) >= 11 is 0. The van der Waals surface area contributed by atoms with Crippen molar-refractivity contribution in [2.24, 2.45) is 0 Å². The van der Waals surface area contributed by atoms with E-state index in [2.05, 4.69) is 17.1 Å². The van der Waals surface area contributed by atoms with Gasteiger partial charge in [-0.15, -0.1) is 0 Å². The molecule has 1 aliphatic heterocycles. The molecule has 7 nitrogen and oxygen atoms in total. The van der Waals surface area contributed by atoms with Gasteiger partial charge in [0.15, 0.2) is 11.4 Å². The highest BCUT2D eigenvalue weighted by Gasteiger charge is 2.20. The lowest BCUT2D eigenvalue weighted by molar-refractivity contribution is -0.134. The second-order valence-corrected chi connectivity index (χ2v) is 5.52. The lowest BCUT2D eigenvalue weighted by Gasteiger charge is -2.35. The Bertz CT molecular complexity index is 770. The van der Waals surface area contributed by atoms with E-state index in [0.717, 1.165) is 30.7 Å². The summed E-state index contributed by atoms with van der Waals surface area (Å²) in [6, 6.07) is 5.74. The van der Waals surface area contributed by atoms with Gasteiger partial charge in [0, 0.05) is 55.0 Å². The van der Waals surface area contributed by atoms with Crippen molar-refractivity contribution in [3.63, 3.8) is 0 Å². The zero-order chi connectivity index (χ0) is 18.4. The second kappa shape index (κ2) is 8.29. The SMILES string of the molecule is C[C@H]1CNCCN1c1cc(F)c2occc2c1.O=C(O)C=CC(=O)O. The predicted octanol–water partition coefficient (Wildman–Crippen LogP) is 2.08. The fourth-order valence-electron chi connectivity index (χ4n) is 2.56. The second-order valence-electron chi connectivity index (χ2n) is 5.52. The molecular weight excluding hydrogens is 331 g/mol. The average Bonchev–Trinajstić information content (AvgIpc) is 3.03. The topological polar surface area (TPSA) is 103 Å². The number of hydrogen-bond acceptors (Lipinski definition) is 5. The van der Waals surface area contributed by atoms with E-state index in [1.54, 1.807) is 12.1 Å². The van der Waals surface area contributed by atoms with E-state index < -0.39 is 11.9 Å². The summed E-state index contributed by atoms with van der Waals surface area (Å²) in [5.74, 6) is -2.80. The molecule has 3 N–H and O–H groups in total. The highest BCUT2D eigenvalue weighted by Crippen LogP contribution is 2.27. The molecule has 0 aliphatic carbocycles. The zero-order valence-electron chi connectivity index (χ0n) is 13.6. The van der Waals surface area contributed by atoms with Crippen LogP contribution >= 0.6 is 0 Å². The van der Waals surface area contributed by atoms with Gasteiger partial charge in [-0.3, -0.25) is 0 Å². The van der Waals surface area contributed by atoms with Crippen molar-refractivity contribution < 1.29 is 28.6 Å². The molecule has 25 heavy (non-hydrogen) atoms. The summed E-state index contributed by atoms with van der Waals surface area (Å²) in [5.41, 5.74) is 1.28. The van der Waals surface area contributed by atoms with E-state index in [0.29, 0.717) is 23.8 Å². The van der Waals surface area contributed by atoms with Gasteiger partial charge in [-0.2, -0.15) is 0 Å². The van der Waals surface area contributed by atoms with E-state index >= 15 is 0 Å². The number of carboxylic acid groups (broad SMARTS) is 2. The van der Waals surface area contributed by atoms with Crippen LogP contribution in [0.3, 0.4) is 0 Å². The number of fused-ring (bicyclic) bond motifs is 1. The maximum atomic E-state index is 13.8. The van der Waals surface area contributed by atoms with Crippen molar-refractivity contribution in [3.05, 3.63) is 42.4 Å².